The Bertz CT molecular complexity index is 1050. The van der Waals surface area contributed by atoms with Crippen LogP contribution in [0.5, 0.6) is 6.01 Å². The summed E-state index contributed by atoms with van der Waals surface area (Å²) >= 11 is 0. The molecule has 0 atom stereocenters. The molecule has 0 aromatic carbocycles. The molecule has 1 fully saturated rings. The number of fused-ring (bicyclic) bond motifs is 1. The molecule has 3 aromatic rings. The second kappa shape index (κ2) is 9.06. The number of imidazole rings is 1. The third-order valence-electron chi connectivity index (χ3n) is 6.44. The van der Waals surface area contributed by atoms with Crippen molar-refractivity contribution in [2.24, 2.45) is 5.92 Å². The summed E-state index contributed by atoms with van der Waals surface area (Å²) in [5, 5.41) is 8.93. The standard InChI is InChI=1S/C24H27N5O3/c30-22(31)11-15-5-8-18(9-6-15)32-24-26-13-17(14-27-24)19-10-7-16(12-25-19)23-28-20-3-1-2-4-21(20)29-23/h7,10,12-15,18H,1-6,8-9,11H2,(H,28,29)(H,30,31). The van der Waals surface area contributed by atoms with Crippen LogP contribution in [0.3, 0.4) is 0 Å². The van der Waals surface area contributed by atoms with Crippen LogP contribution < -0.4 is 4.74 Å². The summed E-state index contributed by atoms with van der Waals surface area (Å²) in [5.74, 6) is 0.406. The lowest BCUT2D eigenvalue weighted by molar-refractivity contribution is -0.138. The number of ether oxygens (including phenoxy) is 1. The lowest BCUT2D eigenvalue weighted by Crippen LogP contribution is -2.25. The van der Waals surface area contributed by atoms with Gasteiger partial charge in [-0.05, 0) is 69.4 Å². The number of nitrogens with zero attached hydrogens (tertiary/aromatic N) is 4. The van der Waals surface area contributed by atoms with Gasteiger partial charge in [0.1, 0.15) is 11.9 Å². The van der Waals surface area contributed by atoms with Gasteiger partial charge in [-0.2, -0.15) is 0 Å². The molecule has 32 heavy (non-hydrogen) atoms. The molecular weight excluding hydrogens is 406 g/mol. The quantitative estimate of drug-likeness (QED) is 0.598. The molecule has 0 spiro atoms. The van der Waals surface area contributed by atoms with Crippen LogP contribution in [0, 0.1) is 5.92 Å². The van der Waals surface area contributed by atoms with Crippen molar-refractivity contribution in [3.8, 4) is 28.7 Å². The van der Waals surface area contributed by atoms with Gasteiger partial charge in [0.15, 0.2) is 0 Å². The maximum absolute atomic E-state index is 10.9. The van der Waals surface area contributed by atoms with Crippen molar-refractivity contribution in [1.82, 2.24) is 24.9 Å². The Labute approximate surface area is 186 Å². The number of aromatic amines is 1. The summed E-state index contributed by atoms with van der Waals surface area (Å²) in [5.41, 5.74) is 5.05. The second-order valence-electron chi connectivity index (χ2n) is 8.76. The smallest absolute Gasteiger partial charge is 0.316 e. The van der Waals surface area contributed by atoms with Gasteiger partial charge in [-0.25, -0.2) is 15.0 Å². The number of carboxylic acids is 1. The summed E-state index contributed by atoms with van der Waals surface area (Å²) in [6.45, 7) is 0. The molecule has 0 unspecified atom stereocenters. The summed E-state index contributed by atoms with van der Waals surface area (Å²) in [4.78, 5) is 32.3. The number of aryl methyl sites for hydroxylation is 2. The number of nitrogens with one attached hydrogen (secondary N) is 1. The molecule has 0 saturated heterocycles. The van der Waals surface area contributed by atoms with Gasteiger partial charge in [-0.1, -0.05) is 0 Å². The van der Waals surface area contributed by atoms with Crippen molar-refractivity contribution in [1.29, 1.82) is 0 Å². The number of H-pyrrole nitrogens is 1. The zero-order valence-electron chi connectivity index (χ0n) is 18.0. The third-order valence-corrected chi connectivity index (χ3v) is 6.44. The molecule has 0 amide bonds. The molecule has 8 heteroatoms. The largest absolute Gasteiger partial charge is 0.481 e. The van der Waals surface area contributed by atoms with Crippen LogP contribution in [-0.2, 0) is 17.6 Å². The number of hydrogen-bond acceptors (Lipinski definition) is 6. The first-order valence-corrected chi connectivity index (χ1v) is 11.4. The van der Waals surface area contributed by atoms with Crippen molar-refractivity contribution < 1.29 is 14.6 Å². The number of aliphatic carboxylic acids is 1. The Hall–Kier alpha value is -3.29. The minimum atomic E-state index is -0.724. The number of aromatic nitrogens is 5. The molecule has 3 heterocycles. The average Bonchev–Trinajstić information content (AvgIpc) is 3.25. The van der Waals surface area contributed by atoms with Crippen LogP contribution in [0.25, 0.3) is 22.6 Å². The van der Waals surface area contributed by atoms with Crippen molar-refractivity contribution in [3.05, 3.63) is 42.1 Å². The maximum atomic E-state index is 10.9. The summed E-state index contributed by atoms with van der Waals surface area (Å²) in [6, 6.07) is 4.33. The highest BCUT2D eigenvalue weighted by atomic mass is 16.5. The lowest BCUT2D eigenvalue weighted by Gasteiger charge is -2.27. The van der Waals surface area contributed by atoms with Crippen LogP contribution in [0.15, 0.2) is 30.7 Å². The van der Waals surface area contributed by atoms with Gasteiger partial charge in [0.2, 0.25) is 0 Å². The number of hydrogen-bond donors (Lipinski definition) is 2. The van der Waals surface area contributed by atoms with E-state index in [4.69, 9.17) is 14.8 Å². The number of carboxylic acid groups (broad SMARTS) is 1. The van der Waals surface area contributed by atoms with E-state index in [0.29, 0.717) is 6.01 Å². The fourth-order valence-corrected chi connectivity index (χ4v) is 4.65. The number of pyridine rings is 1. The van der Waals surface area contributed by atoms with E-state index in [9.17, 15) is 4.79 Å². The Morgan fingerprint density at radius 3 is 2.44 bits per heavy atom. The lowest BCUT2D eigenvalue weighted by atomic mass is 9.85. The number of carbonyl (C=O) groups is 1. The van der Waals surface area contributed by atoms with Gasteiger partial charge < -0.3 is 14.8 Å². The van der Waals surface area contributed by atoms with Crippen molar-refractivity contribution in [2.45, 2.75) is 63.9 Å². The van der Waals surface area contributed by atoms with Gasteiger partial charge in [-0.3, -0.25) is 9.78 Å². The molecule has 0 aliphatic heterocycles. The minimum absolute atomic E-state index is 0.0439. The van der Waals surface area contributed by atoms with Crippen LogP contribution in [0.1, 0.15) is 56.3 Å². The van der Waals surface area contributed by atoms with Crippen molar-refractivity contribution in [3.63, 3.8) is 0 Å². The summed E-state index contributed by atoms with van der Waals surface area (Å²) in [6.07, 6.45) is 13.5. The van der Waals surface area contributed by atoms with Crippen molar-refractivity contribution >= 4 is 5.97 Å². The normalized spacial score (nSPS) is 20.5. The van der Waals surface area contributed by atoms with E-state index in [1.54, 1.807) is 12.4 Å². The van der Waals surface area contributed by atoms with E-state index >= 15 is 0 Å². The Morgan fingerprint density at radius 1 is 1.00 bits per heavy atom. The fraction of sp³-hybridized carbons (Fsp3) is 0.458. The average molecular weight is 434 g/mol. The molecule has 8 nitrogen and oxygen atoms in total. The van der Waals surface area contributed by atoms with Crippen LogP contribution >= 0.6 is 0 Å². The van der Waals surface area contributed by atoms with E-state index in [1.807, 2.05) is 18.3 Å². The first-order valence-electron chi connectivity index (χ1n) is 11.4. The summed E-state index contributed by atoms with van der Waals surface area (Å²) in [7, 11) is 0. The maximum Gasteiger partial charge on any atom is 0.316 e. The fourth-order valence-electron chi connectivity index (χ4n) is 4.65. The van der Waals surface area contributed by atoms with Crippen LogP contribution in [-0.4, -0.2) is 42.1 Å². The second-order valence-corrected chi connectivity index (χ2v) is 8.76. The SMILES string of the molecule is O=C(O)CC1CCC(Oc2ncc(-c3ccc(-c4nc5c([nH]4)CCCC5)cn3)cn2)CC1. The number of rotatable bonds is 6. The first-order chi connectivity index (χ1) is 15.6. The van der Waals surface area contributed by atoms with E-state index in [-0.39, 0.29) is 18.4 Å². The Morgan fingerprint density at radius 2 is 1.75 bits per heavy atom. The topological polar surface area (TPSA) is 114 Å². The molecule has 2 N–H and O–H groups in total. The monoisotopic (exact) mass is 433 g/mol. The molecule has 2 aliphatic carbocycles. The van der Waals surface area contributed by atoms with E-state index in [0.717, 1.165) is 61.2 Å². The van der Waals surface area contributed by atoms with Crippen molar-refractivity contribution in [2.75, 3.05) is 0 Å². The molecule has 0 bridgehead atoms. The highest BCUT2D eigenvalue weighted by Crippen LogP contribution is 2.29. The Balaban J connectivity index is 1.20. The van der Waals surface area contributed by atoms with E-state index in [1.165, 1.54) is 24.2 Å². The summed E-state index contributed by atoms with van der Waals surface area (Å²) < 4.78 is 5.91. The predicted molar refractivity (Wildman–Crippen MR) is 118 cm³/mol. The highest BCUT2D eigenvalue weighted by molar-refractivity contribution is 5.67. The molecular formula is C24H27N5O3. The van der Waals surface area contributed by atoms with Gasteiger partial charge >= 0.3 is 12.0 Å². The third kappa shape index (κ3) is 4.64. The van der Waals surface area contributed by atoms with Gasteiger partial charge in [0.25, 0.3) is 0 Å². The Kier molecular flexibility index (Phi) is 5.83. The first kappa shape index (κ1) is 20.6. The van der Waals surface area contributed by atoms with Gasteiger partial charge in [0.05, 0.1) is 11.4 Å². The zero-order chi connectivity index (χ0) is 21.9. The predicted octanol–water partition coefficient (Wildman–Crippen LogP) is 4.22. The zero-order valence-corrected chi connectivity index (χ0v) is 18.0. The molecule has 5 rings (SSSR count). The molecule has 1 saturated carbocycles. The van der Waals surface area contributed by atoms with Crippen LogP contribution in [0.2, 0.25) is 0 Å². The van der Waals surface area contributed by atoms with Gasteiger partial charge in [-0.15, -0.1) is 0 Å². The van der Waals surface area contributed by atoms with Crippen LogP contribution in [0.4, 0.5) is 0 Å². The molecule has 166 valence electrons. The molecule has 2 aliphatic rings. The molecule has 3 aromatic heterocycles. The van der Waals surface area contributed by atoms with E-state index < -0.39 is 5.97 Å². The molecule has 0 radical (unpaired) electrons. The minimum Gasteiger partial charge on any atom is -0.481 e. The van der Waals surface area contributed by atoms with Gasteiger partial charge in [0, 0.05) is 41.8 Å². The highest BCUT2D eigenvalue weighted by Gasteiger charge is 2.24. The van der Waals surface area contributed by atoms with E-state index in [2.05, 4.69) is 19.9 Å².